The lowest BCUT2D eigenvalue weighted by atomic mass is 10.1. The Kier molecular flexibility index (Phi) is 3.49. The molecule has 0 amide bonds. The second-order valence-corrected chi connectivity index (χ2v) is 4.92. The molecule has 0 spiro atoms. The van der Waals surface area contributed by atoms with E-state index >= 15 is 0 Å². The van der Waals surface area contributed by atoms with E-state index in [1.807, 2.05) is 0 Å². The van der Waals surface area contributed by atoms with Gasteiger partial charge < -0.3 is 10.6 Å². The minimum atomic E-state index is 0.575. The Balaban J connectivity index is 2.20. The van der Waals surface area contributed by atoms with Gasteiger partial charge >= 0.3 is 0 Å². The predicted octanol–water partition coefficient (Wildman–Crippen LogP) is 2.57. The third-order valence-electron chi connectivity index (χ3n) is 3.42. The highest BCUT2D eigenvalue weighted by Gasteiger charge is 2.29. The maximum Gasteiger partial charge on any atom is 0.0404 e. The topological polar surface area (TPSA) is 29.3 Å². The molecule has 2 N–H and O–H groups in total. The fourth-order valence-corrected chi connectivity index (χ4v) is 2.78. The van der Waals surface area contributed by atoms with Crippen molar-refractivity contribution in [3.8, 4) is 0 Å². The monoisotopic (exact) mass is 218 g/mol. The lowest BCUT2D eigenvalue weighted by Gasteiger charge is -2.31. The SMILES string of the molecule is CC(C)N1c2ccccc2CC1CCCN. The van der Waals surface area contributed by atoms with Crippen LogP contribution >= 0.6 is 0 Å². The first-order valence-electron chi connectivity index (χ1n) is 6.30. The van der Waals surface area contributed by atoms with Gasteiger partial charge in [-0.05, 0) is 51.3 Å². The highest BCUT2D eigenvalue weighted by Crippen LogP contribution is 2.35. The highest BCUT2D eigenvalue weighted by molar-refractivity contribution is 5.59. The van der Waals surface area contributed by atoms with Gasteiger partial charge in [-0.3, -0.25) is 0 Å². The summed E-state index contributed by atoms with van der Waals surface area (Å²) in [5.41, 5.74) is 8.54. The summed E-state index contributed by atoms with van der Waals surface area (Å²) in [6.45, 7) is 5.36. The molecule has 0 radical (unpaired) electrons. The van der Waals surface area contributed by atoms with E-state index < -0.39 is 0 Å². The van der Waals surface area contributed by atoms with Crippen LogP contribution in [0, 0.1) is 0 Å². The Morgan fingerprint density at radius 1 is 1.38 bits per heavy atom. The third-order valence-corrected chi connectivity index (χ3v) is 3.42. The number of hydrogen-bond donors (Lipinski definition) is 1. The highest BCUT2D eigenvalue weighted by atomic mass is 15.2. The molecule has 1 unspecified atom stereocenters. The minimum Gasteiger partial charge on any atom is -0.366 e. The van der Waals surface area contributed by atoms with Crippen molar-refractivity contribution in [2.45, 2.75) is 45.2 Å². The zero-order chi connectivity index (χ0) is 11.5. The zero-order valence-corrected chi connectivity index (χ0v) is 10.3. The Labute approximate surface area is 98.4 Å². The Bertz CT molecular complexity index is 346. The molecule has 1 atom stereocenters. The smallest absolute Gasteiger partial charge is 0.0404 e. The fraction of sp³-hybridized carbons (Fsp3) is 0.571. The van der Waals surface area contributed by atoms with Crippen molar-refractivity contribution in [2.75, 3.05) is 11.4 Å². The molecule has 2 rings (SSSR count). The second-order valence-electron chi connectivity index (χ2n) is 4.92. The predicted molar refractivity (Wildman–Crippen MR) is 69.8 cm³/mol. The molecule has 1 aromatic rings. The number of benzene rings is 1. The molecular weight excluding hydrogens is 196 g/mol. The fourth-order valence-electron chi connectivity index (χ4n) is 2.78. The van der Waals surface area contributed by atoms with Crippen LogP contribution in [0.1, 0.15) is 32.3 Å². The molecule has 1 heterocycles. The third kappa shape index (κ3) is 2.07. The number of para-hydroxylation sites is 1. The number of rotatable bonds is 4. The second kappa shape index (κ2) is 4.88. The molecule has 1 aliphatic heterocycles. The van der Waals surface area contributed by atoms with Crippen LogP contribution in [0.15, 0.2) is 24.3 Å². The van der Waals surface area contributed by atoms with Crippen molar-refractivity contribution in [3.05, 3.63) is 29.8 Å². The summed E-state index contributed by atoms with van der Waals surface area (Å²) in [7, 11) is 0. The van der Waals surface area contributed by atoms with E-state index in [1.165, 1.54) is 24.1 Å². The van der Waals surface area contributed by atoms with Gasteiger partial charge in [-0.15, -0.1) is 0 Å². The van der Waals surface area contributed by atoms with Gasteiger partial charge in [0.1, 0.15) is 0 Å². The van der Waals surface area contributed by atoms with Crippen molar-refractivity contribution in [3.63, 3.8) is 0 Å². The average Bonchev–Trinajstić information content (AvgIpc) is 2.64. The van der Waals surface area contributed by atoms with Crippen LogP contribution in [0.3, 0.4) is 0 Å². The Hall–Kier alpha value is -1.02. The van der Waals surface area contributed by atoms with Crippen LogP contribution in [0.5, 0.6) is 0 Å². The van der Waals surface area contributed by atoms with Crippen molar-refractivity contribution in [1.29, 1.82) is 0 Å². The van der Waals surface area contributed by atoms with Gasteiger partial charge in [0.2, 0.25) is 0 Å². The van der Waals surface area contributed by atoms with E-state index in [0.29, 0.717) is 12.1 Å². The van der Waals surface area contributed by atoms with E-state index in [0.717, 1.165) is 13.0 Å². The van der Waals surface area contributed by atoms with Crippen LogP contribution < -0.4 is 10.6 Å². The van der Waals surface area contributed by atoms with E-state index in [1.54, 1.807) is 0 Å². The van der Waals surface area contributed by atoms with Crippen LogP contribution in [0.25, 0.3) is 0 Å². The van der Waals surface area contributed by atoms with Crippen LogP contribution in [0.2, 0.25) is 0 Å². The van der Waals surface area contributed by atoms with Gasteiger partial charge in [0, 0.05) is 17.8 Å². The van der Waals surface area contributed by atoms with Gasteiger partial charge in [0.25, 0.3) is 0 Å². The molecule has 0 bridgehead atoms. The molecule has 2 heteroatoms. The molecule has 2 nitrogen and oxygen atoms in total. The van der Waals surface area contributed by atoms with Crippen molar-refractivity contribution in [2.24, 2.45) is 5.73 Å². The molecule has 0 aliphatic carbocycles. The van der Waals surface area contributed by atoms with E-state index in [2.05, 4.69) is 43.0 Å². The van der Waals surface area contributed by atoms with Gasteiger partial charge in [-0.25, -0.2) is 0 Å². The maximum atomic E-state index is 5.61. The van der Waals surface area contributed by atoms with Gasteiger partial charge in [-0.2, -0.15) is 0 Å². The van der Waals surface area contributed by atoms with Crippen LogP contribution in [-0.2, 0) is 6.42 Å². The van der Waals surface area contributed by atoms with Gasteiger partial charge in [-0.1, -0.05) is 18.2 Å². The average molecular weight is 218 g/mol. The molecule has 16 heavy (non-hydrogen) atoms. The number of nitrogens with zero attached hydrogens (tertiary/aromatic N) is 1. The number of fused-ring (bicyclic) bond motifs is 1. The van der Waals surface area contributed by atoms with Gasteiger partial charge in [0.15, 0.2) is 0 Å². The molecular formula is C14H22N2. The molecule has 1 aromatic carbocycles. The van der Waals surface area contributed by atoms with Crippen LogP contribution in [-0.4, -0.2) is 18.6 Å². The molecule has 0 fully saturated rings. The lowest BCUT2D eigenvalue weighted by Crippen LogP contribution is -2.38. The number of hydrogen-bond acceptors (Lipinski definition) is 2. The first-order chi connectivity index (χ1) is 7.74. The largest absolute Gasteiger partial charge is 0.366 e. The normalized spacial score (nSPS) is 19.2. The van der Waals surface area contributed by atoms with Crippen LogP contribution in [0.4, 0.5) is 5.69 Å². The molecule has 0 saturated carbocycles. The summed E-state index contributed by atoms with van der Waals surface area (Å²) in [6, 6.07) is 10.0. The summed E-state index contributed by atoms with van der Waals surface area (Å²) >= 11 is 0. The summed E-state index contributed by atoms with van der Waals surface area (Å²) in [5.74, 6) is 0. The first-order valence-corrected chi connectivity index (χ1v) is 6.30. The lowest BCUT2D eigenvalue weighted by molar-refractivity contribution is 0.522. The molecule has 0 aromatic heterocycles. The van der Waals surface area contributed by atoms with E-state index in [4.69, 9.17) is 5.73 Å². The zero-order valence-electron chi connectivity index (χ0n) is 10.3. The summed E-state index contributed by atoms with van der Waals surface area (Å²) < 4.78 is 0. The number of anilines is 1. The Morgan fingerprint density at radius 3 is 2.81 bits per heavy atom. The minimum absolute atomic E-state index is 0.575. The van der Waals surface area contributed by atoms with Crippen molar-refractivity contribution >= 4 is 5.69 Å². The maximum absolute atomic E-state index is 5.61. The van der Waals surface area contributed by atoms with E-state index in [-0.39, 0.29) is 0 Å². The summed E-state index contributed by atoms with van der Waals surface area (Å²) in [4.78, 5) is 2.56. The summed E-state index contributed by atoms with van der Waals surface area (Å²) in [5, 5.41) is 0. The quantitative estimate of drug-likeness (QED) is 0.841. The molecule has 88 valence electrons. The Morgan fingerprint density at radius 2 is 2.12 bits per heavy atom. The molecule has 1 aliphatic rings. The van der Waals surface area contributed by atoms with E-state index in [9.17, 15) is 0 Å². The van der Waals surface area contributed by atoms with Gasteiger partial charge in [0.05, 0.1) is 0 Å². The molecule has 0 saturated heterocycles. The number of nitrogens with two attached hydrogens (primary N) is 1. The van der Waals surface area contributed by atoms with Crippen molar-refractivity contribution in [1.82, 2.24) is 0 Å². The first kappa shape index (κ1) is 11.5. The van der Waals surface area contributed by atoms with Crippen molar-refractivity contribution < 1.29 is 0 Å². The standard InChI is InChI=1S/C14H22N2/c1-11(2)16-13(7-5-9-15)10-12-6-3-4-8-14(12)16/h3-4,6,8,11,13H,5,7,9-10,15H2,1-2H3. The summed E-state index contributed by atoms with van der Waals surface area (Å²) in [6.07, 6.45) is 3.53.